The lowest BCUT2D eigenvalue weighted by Crippen LogP contribution is -2.32. The third kappa shape index (κ3) is 2.83. The number of aromatic amines is 1. The van der Waals surface area contributed by atoms with Crippen LogP contribution in [0.15, 0.2) is 11.1 Å². The number of rotatable bonds is 3. The summed E-state index contributed by atoms with van der Waals surface area (Å²) in [6.07, 6.45) is 6.06. The van der Waals surface area contributed by atoms with Crippen molar-refractivity contribution >= 4 is 5.82 Å². The van der Waals surface area contributed by atoms with Crippen LogP contribution < -0.4 is 15.6 Å². The fourth-order valence-electron chi connectivity index (χ4n) is 2.69. The molecular formula is C13H21N3O2. The van der Waals surface area contributed by atoms with Gasteiger partial charge in [-0.1, -0.05) is 20.3 Å². The van der Waals surface area contributed by atoms with E-state index in [-0.39, 0.29) is 11.3 Å². The van der Waals surface area contributed by atoms with Crippen molar-refractivity contribution in [3.63, 3.8) is 0 Å². The highest BCUT2D eigenvalue weighted by molar-refractivity contribution is 5.48. The Hall–Kier alpha value is -1.52. The number of nitrogens with one attached hydrogen (secondary N) is 2. The zero-order valence-corrected chi connectivity index (χ0v) is 11.2. The molecule has 0 aromatic carbocycles. The van der Waals surface area contributed by atoms with Gasteiger partial charge in [0.25, 0.3) is 5.56 Å². The van der Waals surface area contributed by atoms with Gasteiger partial charge in [-0.2, -0.15) is 0 Å². The molecule has 0 amide bonds. The van der Waals surface area contributed by atoms with Crippen LogP contribution in [0.25, 0.3) is 0 Å². The van der Waals surface area contributed by atoms with Gasteiger partial charge >= 0.3 is 0 Å². The molecule has 1 aromatic rings. The van der Waals surface area contributed by atoms with E-state index in [0.29, 0.717) is 17.3 Å². The number of hydrogen-bond acceptors (Lipinski definition) is 4. The van der Waals surface area contributed by atoms with E-state index in [1.165, 1.54) is 26.3 Å². The van der Waals surface area contributed by atoms with Gasteiger partial charge in [0, 0.05) is 6.04 Å². The van der Waals surface area contributed by atoms with Crippen LogP contribution in [-0.4, -0.2) is 23.1 Å². The van der Waals surface area contributed by atoms with Crippen molar-refractivity contribution in [3.8, 4) is 5.75 Å². The highest BCUT2D eigenvalue weighted by atomic mass is 16.5. The van der Waals surface area contributed by atoms with Crippen LogP contribution in [0.2, 0.25) is 0 Å². The molecule has 2 N–H and O–H groups in total. The first-order chi connectivity index (χ1) is 8.52. The number of H-pyrrole nitrogens is 1. The van der Waals surface area contributed by atoms with Crippen LogP contribution in [0.5, 0.6) is 5.75 Å². The van der Waals surface area contributed by atoms with E-state index in [1.54, 1.807) is 0 Å². The van der Waals surface area contributed by atoms with Crippen LogP contribution in [-0.2, 0) is 0 Å². The Morgan fingerprint density at radius 3 is 3.00 bits per heavy atom. The second-order valence-electron chi connectivity index (χ2n) is 5.72. The molecule has 100 valence electrons. The van der Waals surface area contributed by atoms with Crippen molar-refractivity contribution < 1.29 is 4.74 Å². The minimum atomic E-state index is -0.245. The Kier molecular flexibility index (Phi) is 3.59. The van der Waals surface area contributed by atoms with E-state index in [1.807, 2.05) is 0 Å². The van der Waals surface area contributed by atoms with Crippen LogP contribution >= 0.6 is 0 Å². The van der Waals surface area contributed by atoms with Crippen molar-refractivity contribution in [1.29, 1.82) is 0 Å². The lowest BCUT2D eigenvalue weighted by molar-refractivity contribution is 0.229. The van der Waals surface area contributed by atoms with Gasteiger partial charge < -0.3 is 15.0 Å². The summed E-state index contributed by atoms with van der Waals surface area (Å²) in [6.45, 7) is 4.56. The molecule has 0 bridgehead atoms. The Morgan fingerprint density at radius 2 is 2.33 bits per heavy atom. The summed E-state index contributed by atoms with van der Waals surface area (Å²) in [5, 5.41) is 3.34. The molecule has 1 heterocycles. The minimum absolute atomic E-state index is 0.245. The first-order valence-corrected chi connectivity index (χ1v) is 6.40. The number of nitrogens with zero attached hydrogens (tertiary/aromatic N) is 1. The van der Waals surface area contributed by atoms with Crippen LogP contribution in [0, 0.1) is 5.41 Å². The Balaban J connectivity index is 2.14. The van der Waals surface area contributed by atoms with E-state index in [2.05, 4.69) is 29.1 Å². The topological polar surface area (TPSA) is 67.0 Å². The minimum Gasteiger partial charge on any atom is -0.489 e. The molecule has 5 nitrogen and oxygen atoms in total. The average molecular weight is 251 g/mol. The molecular weight excluding hydrogens is 230 g/mol. The van der Waals surface area contributed by atoms with Crippen molar-refractivity contribution in [2.45, 2.75) is 45.6 Å². The van der Waals surface area contributed by atoms with E-state index >= 15 is 0 Å². The molecule has 5 heteroatoms. The van der Waals surface area contributed by atoms with E-state index in [0.717, 1.165) is 12.8 Å². The van der Waals surface area contributed by atoms with Gasteiger partial charge in [-0.3, -0.25) is 4.79 Å². The van der Waals surface area contributed by atoms with Gasteiger partial charge in [-0.15, -0.1) is 0 Å². The molecule has 1 unspecified atom stereocenters. The van der Waals surface area contributed by atoms with Crippen molar-refractivity contribution in [1.82, 2.24) is 9.97 Å². The van der Waals surface area contributed by atoms with Crippen LogP contribution in [0.3, 0.4) is 0 Å². The highest BCUT2D eigenvalue weighted by Crippen LogP contribution is 2.36. The molecule has 1 aromatic heterocycles. The largest absolute Gasteiger partial charge is 0.489 e. The Bertz CT molecular complexity index is 468. The zero-order chi connectivity index (χ0) is 13.2. The summed E-state index contributed by atoms with van der Waals surface area (Å²) >= 11 is 0. The summed E-state index contributed by atoms with van der Waals surface area (Å²) < 4.78 is 5.10. The predicted octanol–water partition coefficient (Wildman–Crippen LogP) is 2.16. The van der Waals surface area contributed by atoms with Gasteiger partial charge in [0.2, 0.25) is 5.75 Å². The summed E-state index contributed by atoms with van der Waals surface area (Å²) in [6, 6.07) is 0.358. The van der Waals surface area contributed by atoms with E-state index in [9.17, 15) is 4.79 Å². The first-order valence-electron chi connectivity index (χ1n) is 6.40. The lowest BCUT2D eigenvalue weighted by atomic mass is 9.75. The zero-order valence-electron chi connectivity index (χ0n) is 11.2. The molecule has 1 aliphatic carbocycles. The van der Waals surface area contributed by atoms with Gasteiger partial charge in [0.1, 0.15) is 0 Å². The maximum Gasteiger partial charge on any atom is 0.295 e. The van der Waals surface area contributed by atoms with Gasteiger partial charge in [-0.05, 0) is 24.7 Å². The molecule has 0 radical (unpaired) electrons. The SMILES string of the molecule is COc1c(NC2CCCC(C)(C)C2)nc[nH]c1=O. The van der Waals surface area contributed by atoms with Crippen molar-refractivity contribution in [2.24, 2.45) is 5.41 Å². The number of hydrogen-bond donors (Lipinski definition) is 2. The summed E-state index contributed by atoms with van der Waals surface area (Å²) in [7, 11) is 1.49. The molecule has 1 atom stereocenters. The summed E-state index contributed by atoms with van der Waals surface area (Å²) in [5.41, 5.74) is 0.106. The second kappa shape index (κ2) is 5.00. The lowest BCUT2D eigenvalue weighted by Gasteiger charge is -2.35. The molecule has 1 saturated carbocycles. The first kappa shape index (κ1) is 12.9. The molecule has 0 aliphatic heterocycles. The standard InChI is InChI=1S/C13H21N3O2/c1-13(2)6-4-5-9(7-13)16-11-10(18-3)12(17)15-8-14-11/h8-9H,4-7H2,1-3H3,(H2,14,15,16,17). The average Bonchev–Trinajstić information content (AvgIpc) is 2.28. The van der Waals surface area contributed by atoms with Crippen LogP contribution in [0.4, 0.5) is 5.82 Å². The molecule has 0 spiro atoms. The third-order valence-electron chi connectivity index (χ3n) is 3.56. The maximum atomic E-state index is 11.6. The summed E-state index contributed by atoms with van der Waals surface area (Å²) in [4.78, 5) is 18.3. The predicted molar refractivity (Wildman–Crippen MR) is 71.1 cm³/mol. The maximum absolute atomic E-state index is 11.6. The molecule has 2 rings (SSSR count). The van der Waals surface area contributed by atoms with Gasteiger partial charge in [0.15, 0.2) is 5.82 Å². The fourth-order valence-corrected chi connectivity index (χ4v) is 2.69. The van der Waals surface area contributed by atoms with Crippen molar-refractivity contribution in [3.05, 3.63) is 16.7 Å². The van der Waals surface area contributed by atoms with E-state index < -0.39 is 0 Å². The number of methoxy groups -OCH3 is 1. The highest BCUT2D eigenvalue weighted by Gasteiger charge is 2.28. The van der Waals surface area contributed by atoms with Gasteiger partial charge in [-0.25, -0.2) is 4.98 Å². The molecule has 1 fully saturated rings. The summed E-state index contributed by atoms with van der Waals surface area (Å²) in [5.74, 6) is 0.810. The number of aromatic nitrogens is 2. The molecule has 18 heavy (non-hydrogen) atoms. The number of anilines is 1. The number of ether oxygens (including phenoxy) is 1. The van der Waals surface area contributed by atoms with Crippen LogP contribution in [0.1, 0.15) is 39.5 Å². The second-order valence-corrected chi connectivity index (χ2v) is 5.72. The molecule has 0 saturated heterocycles. The van der Waals surface area contributed by atoms with E-state index in [4.69, 9.17) is 4.74 Å². The third-order valence-corrected chi connectivity index (χ3v) is 3.56. The van der Waals surface area contributed by atoms with Crippen molar-refractivity contribution in [2.75, 3.05) is 12.4 Å². The Labute approximate surface area is 107 Å². The fraction of sp³-hybridized carbons (Fsp3) is 0.692. The normalized spacial score (nSPS) is 22.5. The molecule has 1 aliphatic rings. The van der Waals surface area contributed by atoms with Gasteiger partial charge in [0.05, 0.1) is 13.4 Å². The quantitative estimate of drug-likeness (QED) is 0.864. The smallest absolute Gasteiger partial charge is 0.295 e. The Morgan fingerprint density at radius 1 is 1.56 bits per heavy atom. The monoisotopic (exact) mass is 251 g/mol.